The van der Waals surface area contributed by atoms with Gasteiger partial charge in [0, 0.05) is 26.2 Å². The number of hydrogen-bond acceptors (Lipinski definition) is 6. The highest BCUT2D eigenvalue weighted by atomic mass is 32.2. The van der Waals surface area contributed by atoms with Gasteiger partial charge in [-0.05, 0) is 24.3 Å². The Morgan fingerprint density at radius 2 is 2.30 bits per heavy atom. The van der Waals surface area contributed by atoms with E-state index in [1.54, 1.807) is 11.8 Å². The highest BCUT2D eigenvalue weighted by molar-refractivity contribution is 7.98. The van der Waals surface area contributed by atoms with E-state index in [1.807, 2.05) is 18.4 Å². The molecule has 112 valence electrons. The van der Waals surface area contributed by atoms with Crippen molar-refractivity contribution in [1.82, 2.24) is 15.1 Å². The Kier molecular flexibility index (Phi) is 6.06. The predicted octanol–water partition coefficient (Wildman–Crippen LogP) is 1.97. The monoisotopic (exact) mass is 296 g/mol. The van der Waals surface area contributed by atoms with E-state index in [-0.39, 0.29) is 6.10 Å². The number of hydrogen-bond donors (Lipinski definition) is 1. The van der Waals surface area contributed by atoms with Crippen LogP contribution >= 0.6 is 11.8 Å². The van der Waals surface area contributed by atoms with Crippen LogP contribution in [0.15, 0.2) is 17.2 Å². The van der Waals surface area contributed by atoms with Gasteiger partial charge in [0.15, 0.2) is 0 Å². The number of ether oxygens (including phenoxy) is 1. The van der Waals surface area contributed by atoms with Crippen molar-refractivity contribution in [3.8, 4) is 0 Å². The zero-order valence-electron chi connectivity index (χ0n) is 12.5. The Hall–Kier alpha value is -0.850. The summed E-state index contributed by atoms with van der Waals surface area (Å²) in [6.07, 6.45) is 2.22. The lowest BCUT2D eigenvalue weighted by atomic mass is 10.2. The van der Waals surface area contributed by atoms with Gasteiger partial charge >= 0.3 is 0 Å². The second-order valence-electron chi connectivity index (χ2n) is 5.49. The van der Waals surface area contributed by atoms with Gasteiger partial charge in [0.25, 0.3) is 0 Å². The topological polar surface area (TPSA) is 50.3 Å². The minimum atomic E-state index is 0.226. The molecule has 1 aliphatic rings. The molecule has 2 rings (SSSR count). The van der Waals surface area contributed by atoms with E-state index in [0.717, 1.165) is 43.6 Å². The molecule has 1 aromatic rings. The molecule has 1 saturated heterocycles. The van der Waals surface area contributed by atoms with Gasteiger partial charge in [-0.25, -0.2) is 0 Å². The van der Waals surface area contributed by atoms with E-state index >= 15 is 0 Å². The molecule has 0 saturated carbocycles. The minimum Gasteiger partial charge on any atom is -0.374 e. The molecule has 20 heavy (non-hydrogen) atoms. The van der Waals surface area contributed by atoms with Crippen molar-refractivity contribution in [1.29, 1.82) is 0 Å². The lowest BCUT2D eigenvalue weighted by molar-refractivity contribution is -0.0244. The highest BCUT2D eigenvalue weighted by Gasteiger charge is 2.20. The number of aromatic nitrogens is 2. The molecule has 1 aliphatic heterocycles. The van der Waals surface area contributed by atoms with E-state index in [0.29, 0.717) is 5.92 Å². The summed E-state index contributed by atoms with van der Waals surface area (Å²) in [6.45, 7) is 9.27. The average molecular weight is 296 g/mol. The molecule has 5 nitrogen and oxygen atoms in total. The van der Waals surface area contributed by atoms with Crippen LogP contribution in [-0.2, 0) is 4.74 Å². The van der Waals surface area contributed by atoms with Crippen LogP contribution in [0.5, 0.6) is 0 Å². The molecule has 0 radical (unpaired) electrons. The molecule has 0 unspecified atom stereocenters. The molecule has 2 heterocycles. The SMILES string of the molecule is CSc1ccc(NC[C@@H]2CN(CC(C)C)CCO2)nn1. The molecule has 0 aromatic carbocycles. The van der Waals surface area contributed by atoms with E-state index in [1.165, 1.54) is 0 Å². The summed E-state index contributed by atoms with van der Waals surface area (Å²) < 4.78 is 5.80. The quantitative estimate of drug-likeness (QED) is 0.810. The van der Waals surface area contributed by atoms with Gasteiger partial charge in [0.05, 0.1) is 12.7 Å². The maximum Gasteiger partial charge on any atom is 0.148 e. The summed E-state index contributed by atoms with van der Waals surface area (Å²) in [6, 6.07) is 3.94. The van der Waals surface area contributed by atoms with Crippen LogP contribution in [0.1, 0.15) is 13.8 Å². The van der Waals surface area contributed by atoms with Gasteiger partial charge in [-0.2, -0.15) is 0 Å². The molecule has 0 spiro atoms. The Labute approximate surface area is 125 Å². The van der Waals surface area contributed by atoms with Crippen LogP contribution in [0.3, 0.4) is 0 Å². The number of thioether (sulfide) groups is 1. The Morgan fingerprint density at radius 3 is 2.95 bits per heavy atom. The van der Waals surface area contributed by atoms with Crippen molar-refractivity contribution in [3.63, 3.8) is 0 Å². The molecule has 0 bridgehead atoms. The van der Waals surface area contributed by atoms with E-state index in [2.05, 4.69) is 34.3 Å². The Balaban J connectivity index is 1.77. The summed E-state index contributed by atoms with van der Waals surface area (Å²) in [7, 11) is 0. The zero-order valence-corrected chi connectivity index (χ0v) is 13.3. The molecule has 6 heteroatoms. The van der Waals surface area contributed by atoms with Crippen molar-refractivity contribution >= 4 is 17.6 Å². The second-order valence-corrected chi connectivity index (χ2v) is 6.31. The molecule has 1 aromatic heterocycles. The normalized spacial score (nSPS) is 20.3. The third-order valence-electron chi connectivity index (χ3n) is 3.21. The van der Waals surface area contributed by atoms with E-state index < -0.39 is 0 Å². The lowest BCUT2D eigenvalue weighted by Crippen LogP contribution is -2.46. The van der Waals surface area contributed by atoms with Gasteiger partial charge in [-0.1, -0.05) is 13.8 Å². The number of nitrogens with zero attached hydrogens (tertiary/aromatic N) is 3. The summed E-state index contributed by atoms with van der Waals surface area (Å²) in [5, 5.41) is 12.5. The molecule has 1 fully saturated rings. The van der Waals surface area contributed by atoms with Crippen molar-refractivity contribution in [2.45, 2.75) is 25.0 Å². The van der Waals surface area contributed by atoms with Crippen LogP contribution in [0.2, 0.25) is 0 Å². The Bertz CT molecular complexity index is 399. The average Bonchev–Trinajstić information content (AvgIpc) is 2.45. The third-order valence-corrected chi connectivity index (χ3v) is 3.84. The van der Waals surface area contributed by atoms with Crippen molar-refractivity contribution in [2.24, 2.45) is 5.92 Å². The van der Waals surface area contributed by atoms with E-state index in [9.17, 15) is 0 Å². The largest absolute Gasteiger partial charge is 0.374 e. The third kappa shape index (κ3) is 4.92. The van der Waals surface area contributed by atoms with Gasteiger partial charge in [0.2, 0.25) is 0 Å². The molecular formula is C14H24N4OS. The summed E-state index contributed by atoms with van der Waals surface area (Å²) >= 11 is 1.60. The van der Waals surface area contributed by atoms with Crippen LogP contribution in [0.25, 0.3) is 0 Å². The fourth-order valence-corrected chi connectivity index (χ4v) is 2.65. The molecular weight excluding hydrogens is 272 g/mol. The summed E-state index contributed by atoms with van der Waals surface area (Å²) in [5.41, 5.74) is 0. The maximum atomic E-state index is 5.80. The lowest BCUT2D eigenvalue weighted by Gasteiger charge is -2.34. The Morgan fingerprint density at radius 1 is 1.45 bits per heavy atom. The second kappa shape index (κ2) is 7.81. The first kappa shape index (κ1) is 15.5. The standard InChI is InChI=1S/C14H24N4OS/c1-11(2)9-18-6-7-19-12(10-18)8-15-13-4-5-14(20-3)17-16-13/h4-5,11-12H,6-10H2,1-3H3,(H,15,16)/t12-/m1/s1. The summed E-state index contributed by atoms with van der Waals surface area (Å²) in [4.78, 5) is 2.48. The highest BCUT2D eigenvalue weighted by Crippen LogP contribution is 2.12. The van der Waals surface area contributed by atoms with Crippen LogP contribution in [0, 0.1) is 5.92 Å². The smallest absolute Gasteiger partial charge is 0.148 e. The number of rotatable bonds is 6. The van der Waals surface area contributed by atoms with Gasteiger partial charge in [0.1, 0.15) is 10.8 Å². The van der Waals surface area contributed by atoms with Crippen LogP contribution in [0.4, 0.5) is 5.82 Å². The molecule has 0 amide bonds. The first-order chi connectivity index (χ1) is 9.67. The number of morpholine rings is 1. The van der Waals surface area contributed by atoms with Crippen molar-refractivity contribution < 1.29 is 4.74 Å². The molecule has 1 atom stereocenters. The van der Waals surface area contributed by atoms with E-state index in [4.69, 9.17) is 4.74 Å². The summed E-state index contributed by atoms with van der Waals surface area (Å²) in [5.74, 6) is 1.51. The van der Waals surface area contributed by atoms with Crippen molar-refractivity contribution in [3.05, 3.63) is 12.1 Å². The van der Waals surface area contributed by atoms with Gasteiger partial charge in [-0.15, -0.1) is 22.0 Å². The first-order valence-electron chi connectivity index (χ1n) is 7.13. The van der Waals surface area contributed by atoms with Gasteiger partial charge in [-0.3, -0.25) is 4.90 Å². The van der Waals surface area contributed by atoms with Crippen LogP contribution in [-0.4, -0.2) is 60.2 Å². The van der Waals surface area contributed by atoms with Crippen molar-refractivity contribution in [2.75, 3.05) is 44.4 Å². The fourth-order valence-electron chi connectivity index (χ4n) is 2.33. The van der Waals surface area contributed by atoms with Gasteiger partial charge < -0.3 is 10.1 Å². The predicted molar refractivity (Wildman–Crippen MR) is 83.3 cm³/mol. The number of anilines is 1. The number of nitrogens with one attached hydrogen (secondary N) is 1. The first-order valence-corrected chi connectivity index (χ1v) is 8.35. The maximum absolute atomic E-state index is 5.80. The van der Waals surface area contributed by atoms with Crippen LogP contribution < -0.4 is 5.32 Å². The zero-order chi connectivity index (χ0) is 14.4. The fraction of sp³-hybridized carbons (Fsp3) is 0.714. The molecule has 0 aliphatic carbocycles. The minimum absolute atomic E-state index is 0.226. The molecule has 1 N–H and O–H groups in total.